The Morgan fingerprint density at radius 3 is 2.25 bits per heavy atom. The Morgan fingerprint density at radius 2 is 1.81 bits per heavy atom. The molecule has 3 amide bonds. The number of carbonyl (C=O) groups is 3. The standard InChI is InChI=1S/C21H35N6O5/c1-11(2)6-16(26-19(30)15(22)7-14-8-24-10-25-14)20(31)27(17(9-28)13(5)29)21(32)18(23)12(3)4/h8,10-13,15-18,29H,6-7,22-23H2,1-5H3,(H,24,25)(H,26,30)/t13-,15+,16+,17-,18+/m1/s1. The second-order valence-corrected chi connectivity index (χ2v) is 8.70. The molecule has 1 heterocycles. The minimum absolute atomic E-state index is 0.0472. The van der Waals surface area contributed by atoms with Crippen molar-refractivity contribution in [1.82, 2.24) is 20.2 Å². The maximum Gasteiger partial charge on any atom is 0.252 e. The Morgan fingerprint density at radius 1 is 1.19 bits per heavy atom. The molecule has 0 unspecified atom stereocenters. The number of carbonyl (C=O) groups excluding carboxylic acids is 4. The normalized spacial score (nSPS) is 16.2. The second kappa shape index (κ2) is 12.4. The summed E-state index contributed by atoms with van der Waals surface area (Å²) >= 11 is 0. The van der Waals surface area contributed by atoms with Crippen LogP contribution < -0.4 is 16.8 Å². The van der Waals surface area contributed by atoms with Gasteiger partial charge in [-0.1, -0.05) is 27.7 Å². The summed E-state index contributed by atoms with van der Waals surface area (Å²) in [5.74, 6) is -2.67. The molecule has 179 valence electrons. The summed E-state index contributed by atoms with van der Waals surface area (Å²) in [6.45, 7) is 8.31. The summed E-state index contributed by atoms with van der Waals surface area (Å²) in [4.78, 5) is 58.0. The van der Waals surface area contributed by atoms with Crippen LogP contribution in [0.15, 0.2) is 12.5 Å². The highest BCUT2D eigenvalue weighted by Gasteiger charge is 2.40. The van der Waals surface area contributed by atoms with Crippen molar-refractivity contribution in [2.75, 3.05) is 0 Å². The van der Waals surface area contributed by atoms with E-state index in [0.717, 1.165) is 0 Å². The van der Waals surface area contributed by atoms with Crippen LogP contribution in [0.3, 0.4) is 0 Å². The van der Waals surface area contributed by atoms with E-state index < -0.39 is 48.0 Å². The maximum absolute atomic E-state index is 13.4. The minimum Gasteiger partial charge on any atom is -0.391 e. The number of aromatic nitrogens is 2. The van der Waals surface area contributed by atoms with E-state index in [2.05, 4.69) is 15.3 Å². The molecular weight excluding hydrogens is 416 g/mol. The largest absolute Gasteiger partial charge is 0.391 e. The van der Waals surface area contributed by atoms with E-state index in [1.54, 1.807) is 20.1 Å². The van der Waals surface area contributed by atoms with Crippen molar-refractivity contribution in [3.8, 4) is 0 Å². The topological polar surface area (TPSA) is 184 Å². The Bertz CT molecular complexity index is 765. The first-order valence-electron chi connectivity index (χ1n) is 10.6. The number of nitrogens with one attached hydrogen (secondary N) is 2. The van der Waals surface area contributed by atoms with Gasteiger partial charge in [-0.25, -0.2) is 4.98 Å². The van der Waals surface area contributed by atoms with Crippen molar-refractivity contribution in [2.24, 2.45) is 23.3 Å². The molecule has 5 atom stereocenters. The maximum atomic E-state index is 13.4. The fourth-order valence-electron chi connectivity index (χ4n) is 3.06. The van der Waals surface area contributed by atoms with E-state index in [1.165, 1.54) is 19.4 Å². The molecule has 7 N–H and O–H groups in total. The van der Waals surface area contributed by atoms with Crippen LogP contribution in [-0.4, -0.2) is 74.3 Å². The summed E-state index contributed by atoms with van der Waals surface area (Å²) < 4.78 is 0. The van der Waals surface area contributed by atoms with Crippen LogP contribution >= 0.6 is 0 Å². The molecule has 0 saturated heterocycles. The summed E-state index contributed by atoms with van der Waals surface area (Å²) in [7, 11) is 0. The van der Waals surface area contributed by atoms with Gasteiger partial charge >= 0.3 is 0 Å². The van der Waals surface area contributed by atoms with E-state index in [4.69, 9.17) is 11.5 Å². The number of H-pyrrole nitrogens is 1. The molecule has 0 fully saturated rings. The van der Waals surface area contributed by atoms with Gasteiger partial charge in [0.2, 0.25) is 18.1 Å². The predicted octanol–water partition coefficient (Wildman–Crippen LogP) is -0.992. The molecule has 11 heteroatoms. The molecule has 11 nitrogen and oxygen atoms in total. The van der Waals surface area contributed by atoms with Gasteiger partial charge in [0.05, 0.1) is 24.5 Å². The van der Waals surface area contributed by atoms with Crippen LogP contribution in [0.25, 0.3) is 0 Å². The van der Waals surface area contributed by atoms with E-state index in [0.29, 0.717) is 10.6 Å². The molecule has 0 spiro atoms. The molecule has 0 aliphatic rings. The van der Waals surface area contributed by atoms with Crippen LogP contribution in [0.4, 0.5) is 0 Å². The Labute approximate surface area is 188 Å². The fourth-order valence-corrected chi connectivity index (χ4v) is 3.06. The number of aliphatic hydroxyl groups is 1. The van der Waals surface area contributed by atoms with Crippen LogP contribution in [0.1, 0.15) is 46.7 Å². The van der Waals surface area contributed by atoms with Crippen molar-refractivity contribution >= 4 is 24.0 Å². The minimum atomic E-state index is -1.56. The highest BCUT2D eigenvalue weighted by molar-refractivity contribution is 6.03. The number of imide groups is 1. The molecule has 0 aliphatic carbocycles. The number of imidazole rings is 1. The average molecular weight is 452 g/mol. The number of hydrogen-bond donors (Lipinski definition) is 5. The van der Waals surface area contributed by atoms with Crippen LogP contribution in [0, 0.1) is 11.8 Å². The van der Waals surface area contributed by atoms with Crippen molar-refractivity contribution in [2.45, 2.75) is 77.7 Å². The quantitative estimate of drug-likeness (QED) is 0.268. The Hall–Kier alpha value is -2.63. The molecule has 0 saturated carbocycles. The molecule has 1 radical (unpaired) electrons. The third-order valence-electron chi connectivity index (χ3n) is 4.99. The molecule has 1 rings (SSSR count). The van der Waals surface area contributed by atoms with Crippen molar-refractivity contribution in [3.05, 3.63) is 18.2 Å². The van der Waals surface area contributed by atoms with Crippen LogP contribution in [0.2, 0.25) is 0 Å². The molecule has 0 bridgehead atoms. The molecular formula is C21H35N6O5. The first-order chi connectivity index (χ1) is 14.9. The lowest BCUT2D eigenvalue weighted by Gasteiger charge is -2.34. The predicted molar refractivity (Wildman–Crippen MR) is 117 cm³/mol. The number of amides is 3. The summed E-state index contributed by atoms with van der Waals surface area (Å²) in [5.41, 5.74) is 12.6. The van der Waals surface area contributed by atoms with Gasteiger partial charge in [-0.3, -0.25) is 24.1 Å². The van der Waals surface area contributed by atoms with Crippen LogP contribution in [-0.2, 0) is 25.6 Å². The van der Waals surface area contributed by atoms with E-state index in [1.807, 2.05) is 13.8 Å². The zero-order valence-corrected chi connectivity index (χ0v) is 19.2. The van der Waals surface area contributed by atoms with E-state index in [9.17, 15) is 24.3 Å². The summed E-state index contributed by atoms with van der Waals surface area (Å²) in [6, 6.07) is -4.80. The van der Waals surface area contributed by atoms with Gasteiger partial charge < -0.3 is 26.9 Å². The smallest absolute Gasteiger partial charge is 0.252 e. The third-order valence-corrected chi connectivity index (χ3v) is 4.99. The lowest BCUT2D eigenvalue weighted by Crippen LogP contribution is -2.62. The van der Waals surface area contributed by atoms with Gasteiger partial charge in [0.15, 0.2) is 0 Å². The fraction of sp³-hybridized carbons (Fsp3) is 0.667. The van der Waals surface area contributed by atoms with Gasteiger partial charge in [0.1, 0.15) is 12.1 Å². The van der Waals surface area contributed by atoms with Crippen molar-refractivity contribution in [1.29, 1.82) is 0 Å². The third kappa shape index (κ3) is 7.50. The lowest BCUT2D eigenvalue weighted by molar-refractivity contribution is -0.152. The van der Waals surface area contributed by atoms with Gasteiger partial charge in [-0.05, 0) is 25.2 Å². The average Bonchev–Trinajstić information content (AvgIpc) is 3.21. The Balaban J connectivity index is 3.20. The first kappa shape index (κ1) is 27.4. The summed E-state index contributed by atoms with van der Waals surface area (Å²) in [5, 5.41) is 12.6. The zero-order chi connectivity index (χ0) is 24.6. The molecule has 0 aromatic carbocycles. The van der Waals surface area contributed by atoms with E-state index in [-0.39, 0.29) is 24.7 Å². The lowest BCUT2D eigenvalue weighted by atomic mass is 9.98. The molecule has 1 aromatic rings. The van der Waals surface area contributed by atoms with Gasteiger partial charge in [0, 0.05) is 18.3 Å². The highest BCUT2D eigenvalue weighted by Crippen LogP contribution is 2.15. The molecule has 0 aliphatic heterocycles. The number of rotatable bonds is 12. The van der Waals surface area contributed by atoms with E-state index >= 15 is 0 Å². The number of nitrogens with two attached hydrogens (primary N) is 2. The van der Waals surface area contributed by atoms with Crippen molar-refractivity contribution in [3.63, 3.8) is 0 Å². The first-order valence-corrected chi connectivity index (χ1v) is 10.6. The number of aliphatic hydroxyl groups excluding tert-OH is 1. The number of aromatic amines is 1. The van der Waals surface area contributed by atoms with Gasteiger partial charge in [-0.2, -0.15) is 0 Å². The van der Waals surface area contributed by atoms with Gasteiger partial charge in [0.25, 0.3) is 5.91 Å². The number of nitrogens with zero attached hydrogens (tertiary/aromatic N) is 2. The molecule has 1 aromatic heterocycles. The van der Waals surface area contributed by atoms with Crippen LogP contribution in [0.5, 0.6) is 0 Å². The highest BCUT2D eigenvalue weighted by atomic mass is 16.3. The second-order valence-electron chi connectivity index (χ2n) is 8.70. The Kier molecular flexibility index (Phi) is 10.6. The number of hydrogen-bond acceptors (Lipinski definition) is 8. The summed E-state index contributed by atoms with van der Waals surface area (Å²) in [6.07, 6.45) is 3.50. The monoisotopic (exact) mass is 451 g/mol. The van der Waals surface area contributed by atoms with Crippen molar-refractivity contribution < 1.29 is 24.3 Å². The van der Waals surface area contributed by atoms with Gasteiger partial charge in [-0.15, -0.1) is 0 Å². The SMILES string of the molecule is CC(C)C[C@H](NC(=O)[C@@H](N)Cc1cnc[nH]1)C(=O)N(C(=O)[C@@H](N)C(C)C)[C@H]([C]=O)[C@@H](C)O. The molecule has 32 heavy (non-hydrogen) atoms. The zero-order valence-electron chi connectivity index (χ0n) is 19.2.